The molecule has 17 unspecified atom stereocenters. The molecule has 3 rings (SSSR count). The number of carbonyl (C=O) groups excluding carboxylic acids is 1. The van der Waals surface area contributed by atoms with Crippen LogP contribution in [0.15, 0.2) is 60.8 Å². The van der Waals surface area contributed by atoms with Gasteiger partial charge in [0.2, 0.25) is 5.91 Å². The number of rotatable bonds is 70. The van der Waals surface area contributed by atoms with Gasteiger partial charge in [0, 0.05) is 6.42 Å². The van der Waals surface area contributed by atoms with Gasteiger partial charge in [-0.05, 0) is 57.8 Å². The van der Waals surface area contributed by atoms with Crippen LogP contribution in [0.3, 0.4) is 0 Å². The van der Waals surface area contributed by atoms with Crippen LogP contribution in [0.2, 0.25) is 0 Å². The lowest BCUT2D eigenvalue weighted by Gasteiger charge is -2.48. The molecule has 3 saturated heterocycles. The molecule has 1 amide bonds. The number of allylic oxidation sites excluding steroid dienone is 10. The van der Waals surface area contributed by atoms with Crippen LogP contribution in [0.4, 0.5) is 0 Å². The fourth-order valence-corrected chi connectivity index (χ4v) is 14.7. The monoisotopic (exact) mass is 1510 g/mol. The first-order valence-electron chi connectivity index (χ1n) is 43.5. The van der Waals surface area contributed by atoms with E-state index in [1.165, 1.54) is 238 Å². The van der Waals surface area contributed by atoms with Crippen molar-refractivity contribution in [3.63, 3.8) is 0 Å². The number of unbranched alkanes of at least 4 members (excludes halogenated alkanes) is 44. The molecule has 0 aliphatic carbocycles. The second-order valence-corrected chi connectivity index (χ2v) is 31.0. The summed E-state index contributed by atoms with van der Waals surface area (Å²) in [6, 6.07) is -0.893. The zero-order valence-electron chi connectivity index (χ0n) is 66.7. The molecule has 3 aliphatic rings. The number of aliphatic hydroxyl groups is 11. The molecule has 3 aliphatic heterocycles. The quantitative estimate of drug-likeness (QED) is 0.0199. The fraction of sp³-hybridized carbons (Fsp3) is 0.874. The van der Waals surface area contributed by atoms with E-state index in [0.717, 1.165) is 83.5 Å². The highest BCUT2D eigenvalue weighted by Crippen LogP contribution is 2.34. The first-order chi connectivity index (χ1) is 51.8. The number of amides is 1. The Morgan fingerprint density at radius 1 is 0.349 bits per heavy atom. The van der Waals surface area contributed by atoms with E-state index in [-0.39, 0.29) is 18.9 Å². The molecule has 0 aromatic heterocycles. The summed E-state index contributed by atoms with van der Waals surface area (Å²) >= 11 is 0. The molecule has 620 valence electrons. The van der Waals surface area contributed by atoms with Gasteiger partial charge in [-0.3, -0.25) is 4.79 Å². The average Bonchev–Trinajstić information content (AvgIpc) is 0.781. The third kappa shape index (κ3) is 45.9. The summed E-state index contributed by atoms with van der Waals surface area (Å²) in [5, 5.41) is 121. The first kappa shape index (κ1) is 97.7. The van der Waals surface area contributed by atoms with Crippen molar-refractivity contribution in [3.05, 3.63) is 60.8 Å². The molecule has 0 bridgehead atoms. The molecule has 19 nitrogen and oxygen atoms in total. The molecule has 17 atom stereocenters. The number of nitrogens with one attached hydrogen (secondary N) is 1. The summed E-state index contributed by atoms with van der Waals surface area (Å²) in [6.07, 6.45) is 60.3. The standard InChI is InChI=1S/C87H159NO18/c1-3-5-7-9-11-13-15-17-19-21-23-25-27-29-31-33-34-35-37-38-40-42-44-46-48-50-52-54-56-58-60-62-64-71(92)70(88-75(93)65-63-61-59-57-55-53-51-49-47-45-43-41-39-36-32-30-28-26-24-22-20-18-16-14-12-10-8-6-4-2)69-101-85-81(99)78(96)83(73(67-90)103-85)106-87-82(100)79(97)84(74(68-91)104-87)105-86-80(98)77(95)76(94)72(66-89)102-86/h6,8,12,14,18,20,24,26,30,32,70-74,76-87,89-92,94-100H,3-5,7,9-11,13,15-17,19,21-23,25,27-29,31,33-69H2,1-2H3,(H,88,93)/b8-6-,14-12-,20-18-,26-24-,32-30-. The van der Waals surface area contributed by atoms with Gasteiger partial charge < -0.3 is 89.9 Å². The maximum atomic E-state index is 13.5. The van der Waals surface area contributed by atoms with Gasteiger partial charge in [-0.25, -0.2) is 0 Å². The fourth-order valence-electron chi connectivity index (χ4n) is 14.7. The van der Waals surface area contributed by atoms with Crippen molar-refractivity contribution >= 4 is 5.91 Å². The van der Waals surface area contributed by atoms with Crippen molar-refractivity contribution < 1.29 is 89.4 Å². The van der Waals surface area contributed by atoms with Crippen molar-refractivity contribution in [1.82, 2.24) is 5.32 Å². The zero-order valence-corrected chi connectivity index (χ0v) is 66.7. The summed E-state index contributed by atoms with van der Waals surface area (Å²) in [5.74, 6) is -0.241. The minimum atomic E-state index is -1.98. The maximum Gasteiger partial charge on any atom is 0.220 e. The highest BCUT2D eigenvalue weighted by atomic mass is 16.8. The van der Waals surface area contributed by atoms with E-state index >= 15 is 0 Å². The summed E-state index contributed by atoms with van der Waals surface area (Å²) in [5.41, 5.74) is 0. The van der Waals surface area contributed by atoms with Gasteiger partial charge in [0.15, 0.2) is 18.9 Å². The minimum absolute atomic E-state index is 0.241. The van der Waals surface area contributed by atoms with Crippen molar-refractivity contribution in [2.24, 2.45) is 0 Å². The van der Waals surface area contributed by atoms with Gasteiger partial charge >= 0.3 is 0 Å². The van der Waals surface area contributed by atoms with Gasteiger partial charge in [-0.1, -0.05) is 351 Å². The Morgan fingerprint density at radius 2 is 0.651 bits per heavy atom. The van der Waals surface area contributed by atoms with Crippen LogP contribution in [0.5, 0.6) is 0 Å². The Kier molecular flexibility index (Phi) is 61.8. The van der Waals surface area contributed by atoms with Gasteiger partial charge in [-0.2, -0.15) is 0 Å². The van der Waals surface area contributed by atoms with Crippen molar-refractivity contribution in [2.45, 2.75) is 458 Å². The maximum absolute atomic E-state index is 13.5. The summed E-state index contributed by atoms with van der Waals surface area (Å²) in [7, 11) is 0. The van der Waals surface area contributed by atoms with E-state index in [1.807, 2.05) is 0 Å². The van der Waals surface area contributed by atoms with Crippen molar-refractivity contribution in [3.8, 4) is 0 Å². The van der Waals surface area contributed by atoms with Crippen molar-refractivity contribution in [2.75, 3.05) is 26.4 Å². The highest BCUT2D eigenvalue weighted by molar-refractivity contribution is 5.76. The van der Waals surface area contributed by atoms with Gasteiger partial charge in [0.25, 0.3) is 0 Å². The Morgan fingerprint density at radius 3 is 1.02 bits per heavy atom. The second-order valence-electron chi connectivity index (χ2n) is 31.0. The number of hydrogen-bond donors (Lipinski definition) is 12. The zero-order chi connectivity index (χ0) is 76.7. The number of carbonyl (C=O) groups is 1. The Balaban J connectivity index is 1.34. The molecule has 0 spiro atoms. The van der Waals surface area contributed by atoms with Crippen LogP contribution in [0.1, 0.15) is 354 Å². The highest BCUT2D eigenvalue weighted by Gasteiger charge is 2.54. The van der Waals surface area contributed by atoms with E-state index in [2.05, 4.69) is 79.9 Å². The minimum Gasteiger partial charge on any atom is -0.394 e. The third-order valence-corrected chi connectivity index (χ3v) is 21.6. The van der Waals surface area contributed by atoms with Gasteiger partial charge in [0.05, 0.1) is 38.6 Å². The lowest BCUT2D eigenvalue weighted by Crippen LogP contribution is -2.66. The van der Waals surface area contributed by atoms with E-state index < -0.39 is 124 Å². The van der Waals surface area contributed by atoms with E-state index in [1.54, 1.807) is 0 Å². The number of hydrogen-bond acceptors (Lipinski definition) is 18. The molecule has 3 heterocycles. The van der Waals surface area contributed by atoms with Crippen LogP contribution in [-0.4, -0.2) is 193 Å². The molecule has 3 fully saturated rings. The SMILES string of the molecule is CC/C=C\C/C=C\C/C=C\C/C=C\C/C=C\CCCCCCCCCCCCCCCC(=O)NC(COC1OC(CO)C(OC2OC(CO)C(OC3OC(CO)C(O)C(O)C3O)C(O)C2O)C(O)C1O)C(O)CCCCCCCCCCCCCCCCCCCCCCCCCCCCCCCCCC. The predicted octanol–water partition coefficient (Wildman–Crippen LogP) is 15.8. The Hall–Kier alpha value is -2.51. The molecule has 0 saturated carbocycles. The lowest BCUT2D eigenvalue weighted by atomic mass is 9.96. The second kappa shape index (κ2) is 67.0. The van der Waals surface area contributed by atoms with E-state index in [0.29, 0.717) is 12.8 Å². The Labute approximate surface area is 643 Å². The van der Waals surface area contributed by atoms with E-state index in [4.69, 9.17) is 28.4 Å². The summed E-state index contributed by atoms with van der Waals surface area (Å²) in [6.45, 7) is 1.74. The summed E-state index contributed by atoms with van der Waals surface area (Å²) in [4.78, 5) is 13.5. The van der Waals surface area contributed by atoms with Gasteiger partial charge in [-0.15, -0.1) is 0 Å². The molecule has 106 heavy (non-hydrogen) atoms. The molecule has 19 heteroatoms. The topological polar surface area (TPSA) is 307 Å². The normalized spacial score (nSPS) is 25.9. The largest absolute Gasteiger partial charge is 0.394 e. The first-order valence-corrected chi connectivity index (χ1v) is 43.5. The smallest absolute Gasteiger partial charge is 0.220 e. The van der Waals surface area contributed by atoms with Crippen LogP contribution in [0.25, 0.3) is 0 Å². The van der Waals surface area contributed by atoms with E-state index in [9.17, 15) is 61.0 Å². The van der Waals surface area contributed by atoms with Crippen LogP contribution in [0, 0.1) is 0 Å². The molecular weight excluding hydrogens is 1350 g/mol. The summed E-state index contributed by atoms with van der Waals surface area (Å²) < 4.78 is 34.6. The molecule has 0 aromatic carbocycles. The third-order valence-electron chi connectivity index (χ3n) is 21.6. The number of aliphatic hydroxyl groups excluding tert-OH is 11. The number of ether oxygens (including phenoxy) is 6. The molecule has 12 N–H and O–H groups in total. The van der Waals surface area contributed by atoms with Crippen LogP contribution >= 0.6 is 0 Å². The molecule has 0 radical (unpaired) electrons. The Bertz CT molecular complexity index is 2150. The van der Waals surface area contributed by atoms with Gasteiger partial charge in [0.1, 0.15) is 73.2 Å². The average molecular weight is 1510 g/mol. The van der Waals surface area contributed by atoms with Crippen LogP contribution < -0.4 is 5.32 Å². The molecular formula is C87H159NO18. The lowest BCUT2D eigenvalue weighted by molar-refractivity contribution is -0.379. The van der Waals surface area contributed by atoms with Crippen LogP contribution in [-0.2, 0) is 33.2 Å². The van der Waals surface area contributed by atoms with Crippen molar-refractivity contribution in [1.29, 1.82) is 0 Å². The predicted molar refractivity (Wildman–Crippen MR) is 425 cm³/mol. The molecule has 0 aromatic rings.